The molecular weight excluding hydrogens is 477 g/mol. The number of hydrogen-bond acceptors (Lipinski definition) is 4. The normalized spacial score (nSPS) is 11.5. The van der Waals surface area contributed by atoms with Crippen LogP contribution < -0.4 is 14.8 Å². The molecule has 0 aliphatic carbocycles. The van der Waals surface area contributed by atoms with Crippen LogP contribution in [-0.4, -0.2) is 24.1 Å². The van der Waals surface area contributed by atoms with E-state index in [4.69, 9.17) is 32.7 Å². The lowest BCUT2D eigenvalue weighted by molar-refractivity contribution is -0.141. The molecule has 0 fully saturated rings. The van der Waals surface area contributed by atoms with E-state index in [0.717, 1.165) is 11.1 Å². The fourth-order valence-corrected chi connectivity index (χ4v) is 3.67. The van der Waals surface area contributed by atoms with Gasteiger partial charge in [0.15, 0.2) is 0 Å². The minimum Gasteiger partial charge on any atom is -0.496 e. The Labute approximate surface area is 208 Å². The van der Waals surface area contributed by atoms with Crippen molar-refractivity contribution in [2.75, 3.05) is 7.11 Å². The lowest BCUT2D eigenvalue weighted by Gasteiger charge is -2.14. The maximum atomic E-state index is 12.9. The van der Waals surface area contributed by atoms with Crippen LogP contribution in [0.5, 0.6) is 17.2 Å². The SMILES string of the molecule is CC[C@@H](Cc1ccc(OC)c(C(=O)NCc2ccc(Oc3ccc(Cl)c(Cl)c3)cc2)c1)C(=O)O. The van der Waals surface area contributed by atoms with Gasteiger partial charge in [-0.05, 0) is 60.4 Å². The van der Waals surface area contributed by atoms with Gasteiger partial charge < -0.3 is 19.9 Å². The summed E-state index contributed by atoms with van der Waals surface area (Å²) in [6, 6.07) is 17.5. The second-order valence-electron chi connectivity index (χ2n) is 7.69. The molecule has 3 aromatic carbocycles. The third-order valence-electron chi connectivity index (χ3n) is 5.34. The molecule has 0 radical (unpaired) electrons. The van der Waals surface area contributed by atoms with Gasteiger partial charge in [0.25, 0.3) is 5.91 Å². The largest absolute Gasteiger partial charge is 0.496 e. The van der Waals surface area contributed by atoms with Crippen molar-refractivity contribution in [3.05, 3.63) is 87.4 Å². The van der Waals surface area contributed by atoms with Crippen molar-refractivity contribution in [2.45, 2.75) is 26.3 Å². The number of carboxylic acid groups (broad SMARTS) is 1. The van der Waals surface area contributed by atoms with E-state index < -0.39 is 11.9 Å². The number of benzene rings is 3. The van der Waals surface area contributed by atoms with E-state index in [1.54, 1.807) is 48.5 Å². The van der Waals surface area contributed by atoms with Gasteiger partial charge >= 0.3 is 5.97 Å². The predicted octanol–water partition coefficient (Wildman–Crippen LogP) is 6.38. The number of carbonyl (C=O) groups excluding carboxylic acids is 1. The van der Waals surface area contributed by atoms with Crippen LogP contribution in [0.3, 0.4) is 0 Å². The van der Waals surface area contributed by atoms with Gasteiger partial charge in [-0.3, -0.25) is 9.59 Å². The van der Waals surface area contributed by atoms with Crippen LogP contribution in [0.1, 0.15) is 34.8 Å². The summed E-state index contributed by atoms with van der Waals surface area (Å²) < 4.78 is 11.1. The van der Waals surface area contributed by atoms with Crippen LogP contribution >= 0.6 is 23.2 Å². The molecule has 0 saturated heterocycles. The maximum Gasteiger partial charge on any atom is 0.306 e. The number of ether oxygens (including phenoxy) is 2. The molecule has 6 nitrogen and oxygen atoms in total. The molecule has 0 heterocycles. The molecule has 2 N–H and O–H groups in total. The monoisotopic (exact) mass is 501 g/mol. The average Bonchev–Trinajstić information content (AvgIpc) is 2.83. The topological polar surface area (TPSA) is 84.9 Å². The first kappa shape index (κ1) is 25.4. The predicted molar refractivity (Wildman–Crippen MR) is 132 cm³/mol. The second kappa shape index (κ2) is 11.8. The van der Waals surface area contributed by atoms with Crippen LogP contribution in [0.15, 0.2) is 60.7 Å². The summed E-state index contributed by atoms with van der Waals surface area (Å²) in [6.45, 7) is 2.13. The Morgan fingerprint density at radius 2 is 1.62 bits per heavy atom. The van der Waals surface area contributed by atoms with Gasteiger partial charge in [0, 0.05) is 12.6 Å². The molecule has 0 unspecified atom stereocenters. The molecule has 0 saturated carbocycles. The fraction of sp³-hybridized carbons (Fsp3) is 0.231. The number of nitrogens with one attached hydrogen (secondary N) is 1. The summed E-state index contributed by atoms with van der Waals surface area (Å²) >= 11 is 11.9. The van der Waals surface area contributed by atoms with Gasteiger partial charge in [-0.15, -0.1) is 0 Å². The minimum atomic E-state index is -0.851. The van der Waals surface area contributed by atoms with Gasteiger partial charge in [-0.1, -0.05) is 48.3 Å². The Kier molecular flexibility index (Phi) is 8.79. The number of aliphatic carboxylic acids is 1. The van der Waals surface area contributed by atoms with E-state index in [9.17, 15) is 14.7 Å². The Morgan fingerprint density at radius 1 is 0.941 bits per heavy atom. The molecule has 0 aromatic heterocycles. The van der Waals surface area contributed by atoms with E-state index in [1.807, 2.05) is 19.1 Å². The molecule has 3 aromatic rings. The smallest absolute Gasteiger partial charge is 0.306 e. The highest BCUT2D eigenvalue weighted by molar-refractivity contribution is 6.42. The average molecular weight is 502 g/mol. The molecule has 3 rings (SSSR count). The lowest BCUT2D eigenvalue weighted by Crippen LogP contribution is -2.24. The Balaban J connectivity index is 1.64. The number of hydrogen-bond donors (Lipinski definition) is 2. The van der Waals surface area contributed by atoms with E-state index in [2.05, 4.69) is 5.32 Å². The van der Waals surface area contributed by atoms with Crippen molar-refractivity contribution >= 4 is 35.1 Å². The standard InChI is InChI=1S/C26H25Cl2NO5/c1-3-18(26(31)32)12-17-6-11-24(33-2)21(13-17)25(30)29-15-16-4-7-19(8-5-16)34-20-9-10-22(27)23(28)14-20/h4-11,13-14,18H,3,12,15H2,1-2H3,(H,29,30)(H,31,32)/t18-/m0/s1. The second-order valence-corrected chi connectivity index (χ2v) is 8.50. The first-order valence-electron chi connectivity index (χ1n) is 10.7. The number of carboxylic acids is 1. The van der Waals surface area contributed by atoms with E-state index in [1.165, 1.54) is 7.11 Å². The Morgan fingerprint density at radius 3 is 2.24 bits per heavy atom. The summed E-state index contributed by atoms with van der Waals surface area (Å²) in [4.78, 5) is 24.2. The highest BCUT2D eigenvalue weighted by Gasteiger charge is 2.18. The highest BCUT2D eigenvalue weighted by atomic mass is 35.5. The van der Waals surface area contributed by atoms with Gasteiger partial charge in [0.1, 0.15) is 17.2 Å². The summed E-state index contributed by atoms with van der Waals surface area (Å²) in [5.41, 5.74) is 2.01. The number of methoxy groups -OCH3 is 1. The molecular formula is C26H25Cl2NO5. The van der Waals surface area contributed by atoms with Crippen LogP contribution in [-0.2, 0) is 17.8 Å². The number of carbonyl (C=O) groups is 2. The molecule has 0 spiro atoms. The molecule has 1 atom stereocenters. The number of rotatable bonds is 10. The maximum absolute atomic E-state index is 12.9. The van der Waals surface area contributed by atoms with Crippen LogP contribution in [0.2, 0.25) is 10.0 Å². The summed E-state index contributed by atoms with van der Waals surface area (Å²) in [5.74, 6) is -0.0552. The zero-order chi connectivity index (χ0) is 24.7. The molecule has 0 aliphatic heterocycles. The first-order valence-corrected chi connectivity index (χ1v) is 11.5. The van der Waals surface area contributed by atoms with Crippen molar-refractivity contribution in [1.82, 2.24) is 5.32 Å². The third-order valence-corrected chi connectivity index (χ3v) is 6.07. The van der Waals surface area contributed by atoms with E-state index in [-0.39, 0.29) is 5.91 Å². The van der Waals surface area contributed by atoms with Crippen LogP contribution in [0.25, 0.3) is 0 Å². The number of halogens is 2. The molecule has 8 heteroatoms. The Bertz CT molecular complexity index is 1160. The quantitative estimate of drug-likeness (QED) is 0.336. The van der Waals surface area contributed by atoms with Crippen molar-refractivity contribution < 1.29 is 24.2 Å². The Hall–Kier alpha value is -3.22. The summed E-state index contributed by atoms with van der Waals surface area (Å²) in [5, 5.41) is 13.1. The van der Waals surface area contributed by atoms with Gasteiger partial charge in [0.05, 0.1) is 28.6 Å². The fourth-order valence-electron chi connectivity index (χ4n) is 3.38. The zero-order valence-corrected chi connectivity index (χ0v) is 20.3. The molecule has 178 valence electrons. The molecule has 1 amide bonds. The third kappa shape index (κ3) is 6.65. The van der Waals surface area contributed by atoms with Gasteiger partial charge in [-0.2, -0.15) is 0 Å². The highest BCUT2D eigenvalue weighted by Crippen LogP contribution is 2.29. The van der Waals surface area contributed by atoms with E-state index in [0.29, 0.717) is 52.2 Å². The summed E-state index contributed by atoms with van der Waals surface area (Å²) in [6.07, 6.45) is 0.851. The van der Waals surface area contributed by atoms with Gasteiger partial charge in [-0.25, -0.2) is 0 Å². The summed E-state index contributed by atoms with van der Waals surface area (Å²) in [7, 11) is 1.49. The first-order chi connectivity index (χ1) is 16.3. The van der Waals surface area contributed by atoms with Crippen LogP contribution in [0, 0.1) is 5.92 Å². The van der Waals surface area contributed by atoms with Gasteiger partial charge in [0.2, 0.25) is 0 Å². The lowest BCUT2D eigenvalue weighted by atomic mass is 9.95. The minimum absolute atomic E-state index is 0.298. The molecule has 34 heavy (non-hydrogen) atoms. The van der Waals surface area contributed by atoms with Crippen molar-refractivity contribution in [1.29, 1.82) is 0 Å². The van der Waals surface area contributed by atoms with Crippen LogP contribution in [0.4, 0.5) is 0 Å². The molecule has 0 bridgehead atoms. The number of amides is 1. The van der Waals surface area contributed by atoms with Crippen molar-refractivity contribution in [2.24, 2.45) is 5.92 Å². The van der Waals surface area contributed by atoms with E-state index >= 15 is 0 Å². The zero-order valence-electron chi connectivity index (χ0n) is 18.8. The van der Waals surface area contributed by atoms with Crippen molar-refractivity contribution in [3.8, 4) is 17.2 Å². The van der Waals surface area contributed by atoms with Crippen molar-refractivity contribution in [3.63, 3.8) is 0 Å². The molecule has 0 aliphatic rings.